The Hall–Kier alpha value is -1.49. The number of aromatic amines is 1. The Morgan fingerprint density at radius 3 is 2.47 bits per heavy atom. The lowest BCUT2D eigenvalue weighted by Gasteiger charge is -2.17. The molecule has 102 valence electrons. The summed E-state index contributed by atoms with van der Waals surface area (Å²) in [5.41, 5.74) is 1.05. The highest BCUT2D eigenvalue weighted by Gasteiger charge is 2.13. The van der Waals surface area contributed by atoms with Gasteiger partial charge in [-0.1, -0.05) is 12.8 Å². The Kier molecular flexibility index (Phi) is 3.46. The van der Waals surface area contributed by atoms with Crippen LogP contribution in [0, 0.1) is 11.6 Å². The van der Waals surface area contributed by atoms with Crippen LogP contribution in [-0.2, 0) is 6.54 Å². The largest absolute Gasteiger partial charge is 0.341 e. The summed E-state index contributed by atoms with van der Waals surface area (Å²) in [4.78, 5) is 9.75. The van der Waals surface area contributed by atoms with E-state index in [4.69, 9.17) is 0 Å². The monoisotopic (exact) mass is 265 g/mol. The van der Waals surface area contributed by atoms with Crippen LogP contribution in [0.4, 0.5) is 8.78 Å². The fraction of sp³-hybridized carbons (Fsp3) is 0.500. The first-order chi connectivity index (χ1) is 9.22. The van der Waals surface area contributed by atoms with Crippen molar-refractivity contribution < 1.29 is 8.78 Å². The number of hydrogen-bond donors (Lipinski definition) is 1. The number of H-pyrrole nitrogens is 1. The van der Waals surface area contributed by atoms with E-state index in [1.807, 2.05) is 0 Å². The van der Waals surface area contributed by atoms with Gasteiger partial charge in [0.05, 0.1) is 17.6 Å². The first kappa shape index (κ1) is 12.5. The molecule has 2 aromatic rings. The topological polar surface area (TPSA) is 31.9 Å². The van der Waals surface area contributed by atoms with Gasteiger partial charge in [0.2, 0.25) is 0 Å². The standard InChI is InChI=1S/C14H17F2N3/c15-10-7-12-13(8-11(10)16)18-14(17-12)9-19-5-3-1-2-4-6-19/h7-8H,1-6,9H2,(H,17,18). The molecule has 0 saturated carbocycles. The zero-order valence-electron chi connectivity index (χ0n) is 10.8. The number of halogens is 2. The van der Waals surface area contributed by atoms with Crippen molar-refractivity contribution in [3.8, 4) is 0 Å². The van der Waals surface area contributed by atoms with Crippen LogP contribution in [0.3, 0.4) is 0 Å². The van der Waals surface area contributed by atoms with Crippen molar-refractivity contribution in [1.29, 1.82) is 0 Å². The van der Waals surface area contributed by atoms with Gasteiger partial charge < -0.3 is 4.98 Å². The van der Waals surface area contributed by atoms with Gasteiger partial charge in [-0.15, -0.1) is 0 Å². The van der Waals surface area contributed by atoms with E-state index < -0.39 is 11.6 Å². The maximum Gasteiger partial charge on any atom is 0.161 e. The second-order valence-electron chi connectivity index (χ2n) is 5.16. The van der Waals surface area contributed by atoms with E-state index in [1.165, 1.54) is 31.7 Å². The molecular formula is C14H17F2N3. The van der Waals surface area contributed by atoms with Crippen molar-refractivity contribution >= 4 is 11.0 Å². The quantitative estimate of drug-likeness (QED) is 0.904. The van der Waals surface area contributed by atoms with Crippen LogP contribution in [0.25, 0.3) is 11.0 Å². The van der Waals surface area contributed by atoms with Crippen LogP contribution < -0.4 is 0 Å². The molecule has 1 aromatic carbocycles. The number of likely N-dealkylation sites (tertiary alicyclic amines) is 1. The molecule has 0 radical (unpaired) electrons. The molecule has 0 spiro atoms. The normalized spacial score (nSPS) is 17.8. The third-order valence-corrected chi connectivity index (χ3v) is 3.65. The summed E-state index contributed by atoms with van der Waals surface area (Å²) < 4.78 is 26.3. The highest BCUT2D eigenvalue weighted by molar-refractivity contribution is 5.75. The van der Waals surface area contributed by atoms with E-state index in [0.717, 1.165) is 31.5 Å². The summed E-state index contributed by atoms with van der Waals surface area (Å²) in [5, 5.41) is 0. The fourth-order valence-electron chi connectivity index (χ4n) is 2.64. The summed E-state index contributed by atoms with van der Waals surface area (Å²) in [6.07, 6.45) is 4.99. The summed E-state index contributed by atoms with van der Waals surface area (Å²) in [5.74, 6) is -0.903. The lowest BCUT2D eigenvalue weighted by Crippen LogP contribution is -2.24. The number of imidazole rings is 1. The summed E-state index contributed by atoms with van der Waals surface area (Å²) >= 11 is 0. The molecule has 19 heavy (non-hydrogen) atoms. The highest BCUT2D eigenvalue weighted by atomic mass is 19.2. The minimum Gasteiger partial charge on any atom is -0.341 e. The molecule has 2 heterocycles. The zero-order chi connectivity index (χ0) is 13.2. The van der Waals surface area contributed by atoms with Crippen LogP contribution in [-0.4, -0.2) is 28.0 Å². The first-order valence-corrected chi connectivity index (χ1v) is 6.78. The van der Waals surface area contributed by atoms with Crippen molar-refractivity contribution in [3.05, 3.63) is 29.6 Å². The second kappa shape index (κ2) is 5.25. The van der Waals surface area contributed by atoms with E-state index in [9.17, 15) is 8.78 Å². The maximum absolute atomic E-state index is 13.1. The molecule has 5 heteroatoms. The van der Waals surface area contributed by atoms with E-state index in [2.05, 4.69) is 14.9 Å². The molecule has 0 unspecified atom stereocenters. The van der Waals surface area contributed by atoms with Gasteiger partial charge in [-0.05, 0) is 25.9 Å². The lowest BCUT2D eigenvalue weighted by atomic mass is 10.2. The van der Waals surface area contributed by atoms with Crippen molar-refractivity contribution in [1.82, 2.24) is 14.9 Å². The Labute approximate surface area is 110 Å². The number of benzene rings is 1. The number of nitrogens with zero attached hydrogens (tertiary/aromatic N) is 2. The molecule has 0 atom stereocenters. The molecule has 0 amide bonds. The molecule has 1 aliphatic rings. The third kappa shape index (κ3) is 2.76. The van der Waals surface area contributed by atoms with E-state index in [0.29, 0.717) is 11.0 Å². The highest BCUT2D eigenvalue weighted by Crippen LogP contribution is 2.18. The van der Waals surface area contributed by atoms with E-state index in [-0.39, 0.29) is 0 Å². The molecule has 0 bridgehead atoms. The minimum atomic E-state index is -0.847. The predicted octanol–water partition coefficient (Wildman–Crippen LogP) is 3.22. The smallest absolute Gasteiger partial charge is 0.161 e. The van der Waals surface area contributed by atoms with Crippen molar-refractivity contribution in [2.24, 2.45) is 0 Å². The molecule has 1 saturated heterocycles. The summed E-state index contributed by atoms with van der Waals surface area (Å²) in [7, 11) is 0. The number of rotatable bonds is 2. The van der Waals surface area contributed by atoms with Crippen LogP contribution in [0.5, 0.6) is 0 Å². The number of fused-ring (bicyclic) bond motifs is 1. The minimum absolute atomic E-state index is 0.490. The van der Waals surface area contributed by atoms with Gasteiger partial charge in [0.15, 0.2) is 11.6 Å². The van der Waals surface area contributed by atoms with Gasteiger partial charge in [0.25, 0.3) is 0 Å². The summed E-state index contributed by atoms with van der Waals surface area (Å²) in [6, 6.07) is 2.32. The van der Waals surface area contributed by atoms with Crippen LogP contribution in [0.2, 0.25) is 0 Å². The Balaban J connectivity index is 1.80. The van der Waals surface area contributed by atoms with Crippen molar-refractivity contribution in [3.63, 3.8) is 0 Å². The van der Waals surface area contributed by atoms with Gasteiger partial charge >= 0.3 is 0 Å². The van der Waals surface area contributed by atoms with Crippen molar-refractivity contribution in [2.75, 3.05) is 13.1 Å². The molecule has 1 aromatic heterocycles. The van der Waals surface area contributed by atoms with E-state index in [1.54, 1.807) is 0 Å². The van der Waals surface area contributed by atoms with Gasteiger partial charge in [0.1, 0.15) is 5.82 Å². The second-order valence-corrected chi connectivity index (χ2v) is 5.16. The van der Waals surface area contributed by atoms with Gasteiger partial charge in [-0.2, -0.15) is 0 Å². The molecule has 1 N–H and O–H groups in total. The Morgan fingerprint density at radius 1 is 1.05 bits per heavy atom. The average Bonchev–Trinajstić information content (AvgIpc) is 2.60. The molecule has 0 aliphatic carbocycles. The predicted molar refractivity (Wildman–Crippen MR) is 69.8 cm³/mol. The van der Waals surface area contributed by atoms with Gasteiger partial charge in [0, 0.05) is 12.1 Å². The number of aromatic nitrogens is 2. The molecule has 1 aliphatic heterocycles. The molecule has 1 fully saturated rings. The van der Waals surface area contributed by atoms with Crippen LogP contribution in [0.1, 0.15) is 31.5 Å². The Morgan fingerprint density at radius 2 is 1.74 bits per heavy atom. The first-order valence-electron chi connectivity index (χ1n) is 6.78. The Bertz CT molecular complexity index is 532. The third-order valence-electron chi connectivity index (χ3n) is 3.65. The molecule has 3 nitrogen and oxygen atoms in total. The number of hydrogen-bond acceptors (Lipinski definition) is 2. The number of nitrogens with one attached hydrogen (secondary N) is 1. The van der Waals surface area contributed by atoms with Crippen molar-refractivity contribution in [2.45, 2.75) is 32.2 Å². The van der Waals surface area contributed by atoms with E-state index >= 15 is 0 Å². The van der Waals surface area contributed by atoms with Crippen LogP contribution in [0.15, 0.2) is 12.1 Å². The lowest BCUT2D eigenvalue weighted by molar-refractivity contribution is 0.271. The SMILES string of the molecule is Fc1cc2nc(CN3CCCCCC3)[nH]c2cc1F. The summed E-state index contributed by atoms with van der Waals surface area (Å²) in [6.45, 7) is 2.86. The average molecular weight is 265 g/mol. The van der Waals surface area contributed by atoms with Crippen LogP contribution >= 0.6 is 0 Å². The van der Waals surface area contributed by atoms with Gasteiger partial charge in [-0.3, -0.25) is 4.90 Å². The zero-order valence-corrected chi connectivity index (χ0v) is 10.8. The molecule has 3 rings (SSSR count). The molecular weight excluding hydrogens is 248 g/mol. The maximum atomic E-state index is 13.1. The van der Waals surface area contributed by atoms with Gasteiger partial charge in [-0.25, -0.2) is 13.8 Å². The fourth-order valence-corrected chi connectivity index (χ4v) is 2.64.